The molecule has 17 heavy (non-hydrogen) atoms. The number of halogens is 1. The summed E-state index contributed by atoms with van der Waals surface area (Å²) in [6.45, 7) is 4.31. The Hall–Kier alpha value is -1.06. The largest absolute Gasteiger partial charge is 0.317 e. The van der Waals surface area contributed by atoms with Crippen molar-refractivity contribution in [2.45, 2.75) is 25.7 Å². The smallest absolute Gasteiger partial charge is 0.156 e. The van der Waals surface area contributed by atoms with Crippen molar-refractivity contribution in [3.05, 3.63) is 34.7 Å². The number of nitrogens with one attached hydrogen (secondary N) is 1. The Labute approximate surface area is 106 Å². The van der Waals surface area contributed by atoms with E-state index in [9.17, 15) is 0 Å². The van der Waals surface area contributed by atoms with E-state index < -0.39 is 0 Å². The molecule has 3 nitrogen and oxygen atoms in total. The van der Waals surface area contributed by atoms with Crippen LogP contribution in [0.25, 0.3) is 5.65 Å². The number of imidazole rings is 1. The van der Waals surface area contributed by atoms with Crippen molar-refractivity contribution in [2.24, 2.45) is 0 Å². The first-order valence-corrected chi connectivity index (χ1v) is 6.49. The molecule has 0 atom stereocenters. The summed E-state index contributed by atoms with van der Waals surface area (Å²) in [5, 5.41) is 4.12. The summed E-state index contributed by atoms with van der Waals surface area (Å²) in [5.74, 6) is 0.576. The molecule has 2 aromatic rings. The van der Waals surface area contributed by atoms with E-state index in [1.165, 1.54) is 24.2 Å². The van der Waals surface area contributed by atoms with Gasteiger partial charge in [0.05, 0.1) is 10.7 Å². The van der Waals surface area contributed by atoms with Crippen LogP contribution >= 0.6 is 11.6 Å². The van der Waals surface area contributed by atoms with Crippen LogP contribution in [0.5, 0.6) is 0 Å². The van der Waals surface area contributed by atoms with Gasteiger partial charge in [0.2, 0.25) is 0 Å². The zero-order valence-electron chi connectivity index (χ0n) is 9.91. The van der Waals surface area contributed by atoms with Crippen molar-refractivity contribution in [3.8, 4) is 0 Å². The Balaban J connectivity index is 2.10. The number of fused-ring (bicyclic) bond motifs is 1. The Kier molecular flexibility index (Phi) is 2.81. The fourth-order valence-corrected chi connectivity index (χ4v) is 2.86. The first kappa shape index (κ1) is 11.1. The highest BCUT2D eigenvalue weighted by Crippen LogP contribution is 2.29. The van der Waals surface area contributed by atoms with Crippen LogP contribution in [0.2, 0.25) is 5.02 Å². The summed E-state index contributed by atoms with van der Waals surface area (Å²) in [5.41, 5.74) is 3.34. The molecule has 0 aromatic carbocycles. The molecular formula is C13H16ClN3. The van der Waals surface area contributed by atoms with Gasteiger partial charge in [0.15, 0.2) is 5.65 Å². The molecule has 1 aliphatic heterocycles. The number of aromatic nitrogens is 2. The van der Waals surface area contributed by atoms with Crippen molar-refractivity contribution < 1.29 is 0 Å². The summed E-state index contributed by atoms with van der Waals surface area (Å²) < 4.78 is 2.10. The second kappa shape index (κ2) is 4.31. The van der Waals surface area contributed by atoms with Gasteiger partial charge < -0.3 is 9.72 Å². The summed E-state index contributed by atoms with van der Waals surface area (Å²) in [6.07, 6.45) is 4.37. The monoisotopic (exact) mass is 249 g/mol. The minimum Gasteiger partial charge on any atom is -0.317 e. The van der Waals surface area contributed by atoms with Crippen LogP contribution in [0.3, 0.4) is 0 Å². The fourth-order valence-electron chi connectivity index (χ4n) is 2.65. The van der Waals surface area contributed by atoms with Crippen molar-refractivity contribution >= 4 is 17.2 Å². The van der Waals surface area contributed by atoms with Crippen LogP contribution in [-0.4, -0.2) is 22.5 Å². The molecule has 3 heterocycles. The molecule has 0 spiro atoms. The van der Waals surface area contributed by atoms with E-state index in [2.05, 4.69) is 16.6 Å². The third-order valence-electron chi connectivity index (χ3n) is 3.60. The number of hydrogen-bond donors (Lipinski definition) is 1. The molecule has 1 aliphatic rings. The van der Waals surface area contributed by atoms with Crippen LogP contribution in [0.1, 0.15) is 30.1 Å². The van der Waals surface area contributed by atoms with E-state index in [4.69, 9.17) is 16.6 Å². The fraction of sp³-hybridized carbons (Fsp3) is 0.462. The standard InChI is InChI=1S/C13H16ClN3/c1-9-12(10-4-6-15-7-5-10)16-13-11(14)3-2-8-17(9)13/h2-3,8,10,15H,4-7H2,1H3. The third kappa shape index (κ3) is 1.83. The van der Waals surface area contributed by atoms with Crippen LogP contribution in [-0.2, 0) is 0 Å². The lowest BCUT2D eigenvalue weighted by atomic mass is 9.94. The summed E-state index contributed by atoms with van der Waals surface area (Å²) in [4.78, 5) is 4.74. The predicted molar refractivity (Wildman–Crippen MR) is 69.8 cm³/mol. The topological polar surface area (TPSA) is 29.3 Å². The van der Waals surface area contributed by atoms with Crippen LogP contribution in [0, 0.1) is 6.92 Å². The van der Waals surface area contributed by atoms with Gasteiger partial charge in [-0.25, -0.2) is 4.98 Å². The van der Waals surface area contributed by atoms with Gasteiger partial charge in [-0.1, -0.05) is 11.6 Å². The molecule has 2 aromatic heterocycles. The molecule has 4 heteroatoms. The van der Waals surface area contributed by atoms with E-state index in [0.717, 1.165) is 23.8 Å². The van der Waals surface area contributed by atoms with Crippen molar-refractivity contribution in [2.75, 3.05) is 13.1 Å². The van der Waals surface area contributed by atoms with E-state index in [1.807, 2.05) is 18.3 Å². The van der Waals surface area contributed by atoms with Crippen molar-refractivity contribution in [1.82, 2.24) is 14.7 Å². The molecule has 0 amide bonds. The van der Waals surface area contributed by atoms with E-state index in [0.29, 0.717) is 5.92 Å². The summed E-state index contributed by atoms with van der Waals surface area (Å²) in [6, 6.07) is 3.87. The maximum Gasteiger partial charge on any atom is 0.156 e. The maximum absolute atomic E-state index is 6.19. The molecule has 0 bridgehead atoms. The minimum absolute atomic E-state index is 0.576. The quantitative estimate of drug-likeness (QED) is 0.842. The SMILES string of the molecule is Cc1c(C2CCNCC2)nc2c(Cl)cccn12. The lowest BCUT2D eigenvalue weighted by Gasteiger charge is -2.21. The summed E-state index contributed by atoms with van der Waals surface area (Å²) >= 11 is 6.19. The zero-order chi connectivity index (χ0) is 11.8. The first-order valence-electron chi connectivity index (χ1n) is 6.11. The molecule has 0 unspecified atom stereocenters. The molecule has 0 aliphatic carbocycles. The van der Waals surface area contributed by atoms with Gasteiger partial charge in [-0.05, 0) is 45.0 Å². The zero-order valence-corrected chi connectivity index (χ0v) is 10.7. The van der Waals surface area contributed by atoms with Gasteiger partial charge >= 0.3 is 0 Å². The first-order chi connectivity index (χ1) is 8.27. The second-order valence-electron chi connectivity index (χ2n) is 4.66. The number of hydrogen-bond acceptors (Lipinski definition) is 2. The number of aryl methyl sites for hydroxylation is 1. The van der Waals surface area contributed by atoms with Crippen LogP contribution < -0.4 is 5.32 Å². The van der Waals surface area contributed by atoms with Gasteiger partial charge in [-0.3, -0.25) is 0 Å². The Bertz CT molecular complexity index is 541. The lowest BCUT2D eigenvalue weighted by Crippen LogP contribution is -2.27. The summed E-state index contributed by atoms with van der Waals surface area (Å²) in [7, 11) is 0. The average Bonchev–Trinajstić information content (AvgIpc) is 2.70. The second-order valence-corrected chi connectivity index (χ2v) is 5.06. The van der Waals surface area contributed by atoms with Crippen LogP contribution in [0.15, 0.2) is 18.3 Å². The molecule has 1 N–H and O–H groups in total. The number of rotatable bonds is 1. The van der Waals surface area contributed by atoms with Gasteiger partial charge in [-0.2, -0.15) is 0 Å². The number of pyridine rings is 1. The van der Waals surface area contributed by atoms with E-state index in [1.54, 1.807) is 0 Å². The molecule has 1 saturated heterocycles. The lowest BCUT2D eigenvalue weighted by molar-refractivity contribution is 0.453. The van der Waals surface area contributed by atoms with E-state index >= 15 is 0 Å². The number of piperidine rings is 1. The molecule has 3 rings (SSSR count). The average molecular weight is 250 g/mol. The van der Waals surface area contributed by atoms with Gasteiger partial charge in [-0.15, -0.1) is 0 Å². The maximum atomic E-state index is 6.19. The molecule has 0 saturated carbocycles. The van der Waals surface area contributed by atoms with Crippen molar-refractivity contribution in [1.29, 1.82) is 0 Å². The number of nitrogens with zero attached hydrogens (tertiary/aromatic N) is 2. The molecule has 90 valence electrons. The molecule has 0 radical (unpaired) electrons. The highest BCUT2D eigenvalue weighted by Gasteiger charge is 2.21. The van der Waals surface area contributed by atoms with Gasteiger partial charge in [0, 0.05) is 17.8 Å². The van der Waals surface area contributed by atoms with Crippen LogP contribution in [0.4, 0.5) is 0 Å². The minimum atomic E-state index is 0.576. The predicted octanol–water partition coefficient (Wildman–Crippen LogP) is 2.76. The highest BCUT2D eigenvalue weighted by molar-refractivity contribution is 6.33. The third-order valence-corrected chi connectivity index (χ3v) is 3.90. The van der Waals surface area contributed by atoms with Gasteiger partial charge in [0.25, 0.3) is 0 Å². The Morgan fingerprint density at radius 1 is 1.41 bits per heavy atom. The highest BCUT2D eigenvalue weighted by atomic mass is 35.5. The van der Waals surface area contributed by atoms with E-state index in [-0.39, 0.29) is 0 Å². The Morgan fingerprint density at radius 2 is 2.18 bits per heavy atom. The molecule has 1 fully saturated rings. The molecular weight excluding hydrogens is 234 g/mol. The van der Waals surface area contributed by atoms with Crippen molar-refractivity contribution in [3.63, 3.8) is 0 Å². The van der Waals surface area contributed by atoms with Gasteiger partial charge in [0.1, 0.15) is 0 Å². The Morgan fingerprint density at radius 3 is 2.88 bits per heavy atom. The normalized spacial score (nSPS) is 17.8.